The van der Waals surface area contributed by atoms with E-state index in [0.717, 1.165) is 16.6 Å². The number of nitrogens with one attached hydrogen (secondary N) is 2. The molecule has 0 saturated heterocycles. The molecule has 1 aromatic heterocycles. The van der Waals surface area contributed by atoms with Crippen LogP contribution in [0.25, 0.3) is 11.0 Å². The molecule has 0 bridgehead atoms. The van der Waals surface area contributed by atoms with E-state index in [2.05, 4.69) is 15.3 Å². The van der Waals surface area contributed by atoms with Crippen molar-refractivity contribution in [2.45, 2.75) is 12.5 Å². The van der Waals surface area contributed by atoms with Crippen LogP contribution in [-0.4, -0.2) is 15.9 Å². The Hall–Kier alpha value is -3.47. The highest BCUT2D eigenvalue weighted by Crippen LogP contribution is 2.20. The zero-order chi connectivity index (χ0) is 18.6. The van der Waals surface area contributed by atoms with Gasteiger partial charge < -0.3 is 10.3 Å². The normalized spacial score (nSPS) is 12.0. The number of hydrogen-bond acceptors (Lipinski definition) is 2. The molecule has 4 aromatic rings. The van der Waals surface area contributed by atoms with Gasteiger partial charge in [-0.1, -0.05) is 42.5 Å². The molecule has 1 heterocycles. The van der Waals surface area contributed by atoms with Crippen molar-refractivity contribution in [1.29, 1.82) is 0 Å². The van der Waals surface area contributed by atoms with E-state index in [4.69, 9.17) is 0 Å². The Labute approximate surface area is 156 Å². The maximum Gasteiger partial charge on any atom is 0.251 e. The molecule has 0 aliphatic carbocycles. The lowest BCUT2D eigenvalue weighted by molar-refractivity contribution is 0.0935. The van der Waals surface area contributed by atoms with Crippen LogP contribution >= 0.6 is 0 Å². The number of para-hydroxylation sites is 2. The first-order valence-electron chi connectivity index (χ1n) is 8.74. The third kappa shape index (κ3) is 3.87. The summed E-state index contributed by atoms with van der Waals surface area (Å²) in [6.07, 6.45) is 0.591. The quantitative estimate of drug-likeness (QED) is 0.554. The summed E-state index contributed by atoms with van der Waals surface area (Å²) in [5.41, 5.74) is 3.26. The van der Waals surface area contributed by atoms with Gasteiger partial charge in [-0.05, 0) is 48.4 Å². The molecule has 4 rings (SSSR count). The van der Waals surface area contributed by atoms with Crippen molar-refractivity contribution in [2.75, 3.05) is 0 Å². The van der Waals surface area contributed by atoms with Crippen molar-refractivity contribution in [2.24, 2.45) is 0 Å². The number of aromatic nitrogens is 2. The molecule has 3 aromatic carbocycles. The Bertz CT molecular complexity index is 1020. The summed E-state index contributed by atoms with van der Waals surface area (Å²) < 4.78 is 13.1. The first kappa shape index (κ1) is 17.0. The van der Waals surface area contributed by atoms with Gasteiger partial charge in [0.05, 0.1) is 17.1 Å². The summed E-state index contributed by atoms with van der Waals surface area (Å²) in [7, 11) is 0. The molecule has 4 nitrogen and oxygen atoms in total. The van der Waals surface area contributed by atoms with E-state index in [9.17, 15) is 9.18 Å². The van der Waals surface area contributed by atoms with Crippen molar-refractivity contribution in [3.63, 3.8) is 0 Å². The molecule has 0 spiro atoms. The number of rotatable bonds is 5. The van der Waals surface area contributed by atoms with Crippen LogP contribution in [0.4, 0.5) is 4.39 Å². The number of hydrogen-bond donors (Lipinski definition) is 2. The zero-order valence-corrected chi connectivity index (χ0v) is 14.5. The summed E-state index contributed by atoms with van der Waals surface area (Å²) >= 11 is 0. The largest absolute Gasteiger partial charge is 0.342 e. The van der Waals surface area contributed by atoms with E-state index in [1.54, 1.807) is 0 Å². The van der Waals surface area contributed by atoms with Gasteiger partial charge in [-0.25, -0.2) is 9.37 Å². The standard InChI is InChI=1S/C22H18FN3O/c23-17-12-10-16(11-13-17)22(27)26-20(14-15-6-2-1-3-7-15)21-24-18-8-4-5-9-19(18)25-21/h1-13,20H,14H2,(H,24,25)(H,26,27)/t20-/m0/s1. The van der Waals surface area contributed by atoms with Crippen LogP contribution in [0.2, 0.25) is 0 Å². The predicted octanol–water partition coefficient (Wildman–Crippen LogP) is 4.42. The number of imidazole rings is 1. The third-order valence-electron chi connectivity index (χ3n) is 4.43. The minimum Gasteiger partial charge on any atom is -0.342 e. The summed E-state index contributed by atoms with van der Waals surface area (Å²) in [6, 6.07) is 22.8. The predicted molar refractivity (Wildman–Crippen MR) is 103 cm³/mol. The van der Waals surface area contributed by atoms with E-state index >= 15 is 0 Å². The molecule has 5 heteroatoms. The Balaban J connectivity index is 1.64. The van der Waals surface area contributed by atoms with Crippen molar-refractivity contribution in [3.8, 4) is 0 Å². The smallest absolute Gasteiger partial charge is 0.251 e. The zero-order valence-electron chi connectivity index (χ0n) is 14.5. The van der Waals surface area contributed by atoms with Gasteiger partial charge in [-0.2, -0.15) is 0 Å². The van der Waals surface area contributed by atoms with Crippen molar-refractivity contribution in [3.05, 3.63) is 102 Å². The first-order chi connectivity index (χ1) is 13.2. The number of carbonyl (C=O) groups excluding carboxylic acids is 1. The van der Waals surface area contributed by atoms with Gasteiger partial charge in [0.25, 0.3) is 5.91 Å². The average Bonchev–Trinajstić information content (AvgIpc) is 3.13. The molecule has 0 radical (unpaired) electrons. The summed E-state index contributed by atoms with van der Waals surface area (Å²) in [5.74, 6) is 0.0524. The lowest BCUT2D eigenvalue weighted by Crippen LogP contribution is -2.30. The SMILES string of the molecule is O=C(N[C@@H](Cc1ccccc1)c1nc2ccccc2[nH]1)c1ccc(F)cc1. The van der Waals surface area contributed by atoms with Gasteiger partial charge in [0.2, 0.25) is 0 Å². The maximum atomic E-state index is 13.1. The van der Waals surface area contributed by atoms with Crippen LogP contribution in [-0.2, 0) is 6.42 Å². The molecule has 0 saturated carbocycles. The first-order valence-corrected chi connectivity index (χ1v) is 8.74. The van der Waals surface area contributed by atoms with Gasteiger partial charge in [0, 0.05) is 5.56 Å². The molecule has 0 aliphatic heterocycles. The molecule has 134 valence electrons. The van der Waals surface area contributed by atoms with Crippen LogP contribution in [0.3, 0.4) is 0 Å². The molecule has 27 heavy (non-hydrogen) atoms. The number of aromatic amines is 1. The number of carbonyl (C=O) groups is 1. The molecular weight excluding hydrogens is 341 g/mol. The highest BCUT2D eigenvalue weighted by atomic mass is 19.1. The van der Waals surface area contributed by atoms with Gasteiger partial charge >= 0.3 is 0 Å². The topological polar surface area (TPSA) is 57.8 Å². The van der Waals surface area contributed by atoms with Crippen LogP contribution in [0.5, 0.6) is 0 Å². The average molecular weight is 359 g/mol. The molecule has 1 amide bonds. The van der Waals surface area contributed by atoms with Crippen molar-refractivity contribution < 1.29 is 9.18 Å². The fraction of sp³-hybridized carbons (Fsp3) is 0.0909. The highest BCUT2D eigenvalue weighted by Gasteiger charge is 2.20. The second-order valence-electron chi connectivity index (χ2n) is 6.36. The Kier molecular flexibility index (Phi) is 4.66. The van der Waals surface area contributed by atoms with Gasteiger partial charge in [-0.3, -0.25) is 4.79 Å². The third-order valence-corrected chi connectivity index (χ3v) is 4.43. The molecule has 2 N–H and O–H groups in total. The Morgan fingerprint density at radius 3 is 2.41 bits per heavy atom. The van der Waals surface area contributed by atoms with Crippen molar-refractivity contribution >= 4 is 16.9 Å². The minimum atomic E-state index is -0.371. The summed E-state index contributed by atoms with van der Waals surface area (Å²) in [5, 5.41) is 3.02. The van der Waals surface area contributed by atoms with Crippen LogP contribution in [0.1, 0.15) is 27.8 Å². The minimum absolute atomic E-state index is 0.267. The summed E-state index contributed by atoms with van der Waals surface area (Å²) in [6.45, 7) is 0. The number of fused-ring (bicyclic) bond motifs is 1. The van der Waals surface area contributed by atoms with Gasteiger partial charge in [0.15, 0.2) is 0 Å². The van der Waals surface area contributed by atoms with E-state index < -0.39 is 0 Å². The molecular formula is C22H18FN3O. The second kappa shape index (κ2) is 7.41. The van der Waals surface area contributed by atoms with Crippen LogP contribution in [0.15, 0.2) is 78.9 Å². The Morgan fingerprint density at radius 1 is 0.963 bits per heavy atom. The second-order valence-corrected chi connectivity index (χ2v) is 6.36. The molecule has 0 fully saturated rings. The van der Waals surface area contributed by atoms with Crippen LogP contribution < -0.4 is 5.32 Å². The van der Waals surface area contributed by atoms with E-state index in [1.807, 2.05) is 54.6 Å². The fourth-order valence-electron chi connectivity index (χ4n) is 3.05. The number of amides is 1. The molecule has 0 aliphatic rings. The van der Waals surface area contributed by atoms with Crippen LogP contribution in [0, 0.1) is 5.82 Å². The summed E-state index contributed by atoms with van der Waals surface area (Å²) in [4.78, 5) is 20.6. The maximum absolute atomic E-state index is 13.1. The van der Waals surface area contributed by atoms with E-state index in [-0.39, 0.29) is 17.8 Å². The van der Waals surface area contributed by atoms with Gasteiger partial charge in [0.1, 0.15) is 11.6 Å². The van der Waals surface area contributed by atoms with Crippen molar-refractivity contribution in [1.82, 2.24) is 15.3 Å². The van der Waals surface area contributed by atoms with E-state index in [0.29, 0.717) is 17.8 Å². The lowest BCUT2D eigenvalue weighted by Gasteiger charge is -2.17. The van der Waals surface area contributed by atoms with Gasteiger partial charge in [-0.15, -0.1) is 0 Å². The number of nitrogens with zero attached hydrogens (tertiary/aromatic N) is 1. The Morgan fingerprint density at radius 2 is 1.67 bits per heavy atom. The monoisotopic (exact) mass is 359 g/mol. The fourth-order valence-corrected chi connectivity index (χ4v) is 3.05. The number of halogens is 1. The number of benzene rings is 3. The molecule has 0 unspecified atom stereocenters. The highest BCUT2D eigenvalue weighted by molar-refractivity contribution is 5.94. The van der Waals surface area contributed by atoms with E-state index in [1.165, 1.54) is 24.3 Å². The lowest BCUT2D eigenvalue weighted by atomic mass is 10.0. The number of H-pyrrole nitrogens is 1. The molecule has 1 atom stereocenters.